The average molecular weight is 447 g/mol. The second-order valence-corrected chi connectivity index (χ2v) is 7.25. The fourth-order valence-electron chi connectivity index (χ4n) is 3.18. The van der Waals surface area contributed by atoms with Gasteiger partial charge >= 0.3 is 5.69 Å². The van der Waals surface area contributed by atoms with Crippen molar-refractivity contribution in [2.75, 3.05) is 17.7 Å². The highest BCUT2D eigenvalue weighted by molar-refractivity contribution is 6.31. The fourth-order valence-corrected chi connectivity index (χ4v) is 3.35. The molecule has 0 bridgehead atoms. The first-order chi connectivity index (χ1) is 14.9. The molecule has 3 rings (SSSR count). The number of furan rings is 1. The molecule has 0 radical (unpaired) electrons. The Morgan fingerprint density at radius 3 is 2.74 bits per heavy atom. The van der Waals surface area contributed by atoms with Crippen LogP contribution in [0.2, 0.25) is 5.02 Å². The molecule has 3 N–H and O–H groups in total. The predicted molar refractivity (Wildman–Crippen MR) is 118 cm³/mol. The second-order valence-electron chi connectivity index (χ2n) is 6.81. The zero-order chi connectivity index (χ0) is 22.5. The Hall–Kier alpha value is -3.46. The SMILES string of the molecule is CCCCn1c(N)c(N(Cc2ccco2)C(=O)c2cc(Cl)ccc2OC)c(=O)[nH]c1=O. The molecule has 31 heavy (non-hydrogen) atoms. The maximum Gasteiger partial charge on any atom is 0.330 e. The van der Waals surface area contributed by atoms with E-state index in [1.165, 1.54) is 24.0 Å². The van der Waals surface area contributed by atoms with Crippen molar-refractivity contribution in [3.05, 3.63) is 73.8 Å². The molecular weight excluding hydrogens is 424 g/mol. The predicted octanol–water partition coefficient (Wildman–Crippen LogP) is 3.02. The molecule has 0 aliphatic carbocycles. The van der Waals surface area contributed by atoms with E-state index in [-0.39, 0.29) is 29.4 Å². The van der Waals surface area contributed by atoms with Crippen molar-refractivity contribution in [1.29, 1.82) is 0 Å². The van der Waals surface area contributed by atoms with Gasteiger partial charge < -0.3 is 14.9 Å². The molecule has 1 aromatic carbocycles. The van der Waals surface area contributed by atoms with Crippen molar-refractivity contribution in [2.24, 2.45) is 0 Å². The lowest BCUT2D eigenvalue weighted by atomic mass is 10.1. The summed E-state index contributed by atoms with van der Waals surface area (Å²) in [5.74, 6) is -0.00987. The van der Waals surface area contributed by atoms with Crippen LogP contribution in [0.25, 0.3) is 0 Å². The minimum atomic E-state index is -0.781. The second kappa shape index (κ2) is 9.57. The van der Waals surface area contributed by atoms with Gasteiger partial charge in [-0.3, -0.25) is 24.0 Å². The van der Waals surface area contributed by atoms with E-state index < -0.39 is 17.2 Å². The smallest absolute Gasteiger partial charge is 0.330 e. The number of nitrogens with zero attached hydrogens (tertiary/aromatic N) is 2. The molecule has 10 heteroatoms. The van der Waals surface area contributed by atoms with E-state index >= 15 is 0 Å². The molecule has 0 atom stereocenters. The number of anilines is 2. The number of benzene rings is 1. The van der Waals surface area contributed by atoms with Crippen molar-refractivity contribution >= 4 is 29.0 Å². The summed E-state index contributed by atoms with van der Waals surface area (Å²) in [6.07, 6.45) is 2.94. The number of methoxy groups -OCH3 is 1. The van der Waals surface area contributed by atoms with Crippen molar-refractivity contribution in [3.63, 3.8) is 0 Å². The molecule has 0 spiro atoms. The number of aromatic nitrogens is 2. The summed E-state index contributed by atoms with van der Waals surface area (Å²) in [6.45, 7) is 2.17. The van der Waals surface area contributed by atoms with Gasteiger partial charge in [-0.25, -0.2) is 4.79 Å². The van der Waals surface area contributed by atoms with E-state index in [0.29, 0.717) is 23.7 Å². The van der Waals surface area contributed by atoms with Gasteiger partial charge in [0, 0.05) is 11.6 Å². The summed E-state index contributed by atoms with van der Waals surface area (Å²) in [6, 6.07) is 7.90. The van der Waals surface area contributed by atoms with Gasteiger partial charge in [-0.05, 0) is 36.8 Å². The minimum Gasteiger partial charge on any atom is -0.496 e. The maximum absolute atomic E-state index is 13.6. The monoisotopic (exact) mass is 446 g/mol. The molecule has 2 heterocycles. The number of carbonyl (C=O) groups excluding carboxylic acids is 1. The number of aromatic amines is 1. The summed E-state index contributed by atoms with van der Waals surface area (Å²) in [5.41, 5.74) is 4.80. The number of hydrogen-bond donors (Lipinski definition) is 2. The summed E-state index contributed by atoms with van der Waals surface area (Å²) < 4.78 is 11.9. The molecule has 0 saturated carbocycles. The summed E-state index contributed by atoms with van der Waals surface area (Å²) in [4.78, 5) is 42.1. The van der Waals surface area contributed by atoms with Crippen LogP contribution in [-0.4, -0.2) is 22.6 Å². The van der Waals surface area contributed by atoms with Gasteiger partial charge in [0.2, 0.25) is 0 Å². The summed E-state index contributed by atoms with van der Waals surface area (Å²) in [7, 11) is 1.42. The van der Waals surface area contributed by atoms with Crippen LogP contribution in [0.5, 0.6) is 5.75 Å². The number of halogens is 1. The van der Waals surface area contributed by atoms with Crippen molar-refractivity contribution in [2.45, 2.75) is 32.9 Å². The van der Waals surface area contributed by atoms with E-state index in [0.717, 1.165) is 11.3 Å². The van der Waals surface area contributed by atoms with Crippen LogP contribution >= 0.6 is 11.6 Å². The third-order valence-corrected chi connectivity index (χ3v) is 4.99. The van der Waals surface area contributed by atoms with Gasteiger partial charge in [-0.15, -0.1) is 0 Å². The van der Waals surface area contributed by atoms with E-state index in [1.807, 2.05) is 6.92 Å². The van der Waals surface area contributed by atoms with E-state index in [2.05, 4.69) is 4.98 Å². The van der Waals surface area contributed by atoms with Gasteiger partial charge in [-0.1, -0.05) is 24.9 Å². The summed E-state index contributed by atoms with van der Waals surface area (Å²) in [5, 5.41) is 0.317. The van der Waals surface area contributed by atoms with Crippen LogP contribution in [-0.2, 0) is 13.1 Å². The average Bonchev–Trinajstić information content (AvgIpc) is 3.25. The van der Waals surface area contributed by atoms with Crippen LogP contribution in [0.3, 0.4) is 0 Å². The van der Waals surface area contributed by atoms with Gasteiger partial charge in [0.1, 0.15) is 17.3 Å². The highest BCUT2D eigenvalue weighted by atomic mass is 35.5. The minimum absolute atomic E-state index is 0.0965. The van der Waals surface area contributed by atoms with Gasteiger partial charge in [0.25, 0.3) is 11.5 Å². The van der Waals surface area contributed by atoms with E-state index in [1.54, 1.807) is 24.3 Å². The molecule has 9 nitrogen and oxygen atoms in total. The lowest BCUT2D eigenvalue weighted by Crippen LogP contribution is -2.41. The Balaban J connectivity index is 2.19. The molecule has 0 fully saturated rings. The van der Waals surface area contributed by atoms with Crippen LogP contribution in [0.1, 0.15) is 35.9 Å². The topological polar surface area (TPSA) is 124 Å². The van der Waals surface area contributed by atoms with Crippen LogP contribution in [0, 0.1) is 0 Å². The Kier molecular flexibility index (Phi) is 6.86. The van der Waals surface area contributed by atoms with E-state index in [9.17, 15) is 14.4 Å². The number of rotatable bonds is 8. The Morgan fingerprint density at radius 1 is 1.32 bits per heavy atom. The lowest BCUT2D eigenvalue weighted by Gasteiger charge is -2.24. The molecular formula is C21H23ClN4O5. The first kappa shape index (κ1) is 22.2. The molecule has 2 aromatic heterocycles. The fraction of sp³-hybridized carbons (Fsp3) is 0.286. The molecule has 0 unspecified atom stereocenters. The zero-order valence-electron chi connectivity index (χ0n) is 17.2. The lowest BCUT2D eigenvalue weighted by molar-refractivity contribution is 0.0980. The number of nitrogens with one attached hydrogen (secondary N) is 1. The molecule has 164 valence electrons. The number of ether oxygens (including phenoxy) is 1. The number of H-pyrrole nitrogens is 1. The first-order valence-corrected chi connectivity index (χ1v) is 10.1. The van der Waals surface area contributed by atoms with Gasteiger partial charge in [0.15, 0.2) is 5.69 Å². The van der Waals surface area contributed by atoms with Crippen molar-refractivity contribution < 1.29 is 13.9 Å². The quantitative estimate of drug-likeness (QED) is 0.548. The number of nitrogen functional groups attached to an aromatic ring is 1. The number of hydrogen-bond acceptors (Lipinski definition) is 6. The first-order valence-electron chi connectivity index (χ1n) is 9.67. The standard InChI is InChI=1S/C21H23ClN4O5/c1-3-4-9-25-18(23)17(19(27)24-21(25)29)26(12-14-6-5-10-31-14)20(28)15-11-13(22)7-8-16(15)30-2/h5-8,10-11H,3-4,9,12,23H2,1-2H3,(H,24,27,29). The van der Waals surface area contributed by atoms with E-state index in [4.69, 9.17) is 26.5 Å². The van der Waals surface area contributed by atoms with Crippen LogP contribution < -0.4 is 26.6 Å². The molecule has 1 amide bonds. The third-order valence-electron chi connectivity index (χ3n) is 4.75. The Labute approximate surface area is 183 Å². The van der Waals surface area contributed by atoms with Crippen molar-refractivity contribution in [1.82, 2.24) is 9.55 Å². The summed E-state index contributed by atoms with van der Waals surface area (Å²) >= 11 is 6.09. The number of carbonyl (C=O) groups is 1. The molecule has 3 aromatic rings. The number of nitrogens with two attached hydrogens (primary N) is 1. The van der Waals surface area contributed by atoms with Gasteiger partial charge in [-0.2, -0.15) is 0 Å². The van der Waals surface area contributed by atoms with Gasteiger partial charge in [0.05, 0.1) is 25.5 Å². The Bertz CT molecular complexity index is 1180. The van der Waals surface area contributed by atoms with Crippen LogP contribution in [0.15, 0.2) is 50.6 Å². The number of unbranched alkanes of at least 4 members (excludes halogenated alkanes) is 1. The molecule has 0 saturated heterocycles. The van der Waals surface area contributed by atoms with Crippen LogP contribution in [0.4, 0.5) is 11.5 Å². The molecule has 0 aliphatic rings. The normalized spacial score (nSPS) is 10.8. The highest BCUT2D eigenvalue weighted by Crippen LogP contribution is 2.28. The zero-order valence-corrected chi connectivity index (χ0v) is 17.9. The highest BCUT2D eigenvalue weighted by Gasteiger charge is 2.28. The third kappa shape index (κ3) is 4.66. The Morgan fingerprint density at radius 2 is 2.10 bits per heavy atom. The van der Waals surface area contributed by atoms with Crippen molar-refractivity contribution in [3.8, 4) is 5.75 Å². The number of amides is 1. The largest absolute Gasteiger partial charge is 0.496 e. The molecule has 0 aliphatic heterocycles. The maximum atomic E-state index is 13.6.